The molecule has 1 aromatic carbocycles. The van der Waals surface area contributed by atoms with Crippen LogP contribution in [0.3, 0.4) is 0 Å². The van der Waals surface area contributed by atoms with Gasteiger partial charge in [-0.1, -0.05) is 12.1 Å². The lowest BCUT2D eigenvalue weighted by Crippen LogP contribution is -2.18. The molecule has 18 heavy (non-hydrogen) atoms. The zero-order valence-electron chi connectivity index (χ0n) is 9.92. The van der Waals surface area contributed by atoms with Crippen molar-refractivity contribution in [1.29, 1.82) is 5.26 Å². The van der Waals surface area contributed by atoms with Gasteiger partial charge in [-0.05, 0) is 31.0 Å². The number of nitriles is 1. The van der Waals surface area contributed by atoms with E-state index in [1.54, 1.807) is 19.1 Å². The van der Waals surface area contributed by atoms with Gasteiger partial charge in [-0.25, -0.2) is 4.79 Å². The molecule has 1 N–H and O–H groups in total. The Kier molecular flexibility index (Phi) is 4.88. The Morgan fingerprint density at radius 1 is 1.39 bits per heavy atom. The minimum atomic E-state index is -1.01. The number of esters is 1. The summed E-state index contributed by atoms with van der Waals surface area (Å²) in [5.41, 5.74) is 0.892. The smallest absolute Gasteiger partial charge is 0.335 e. The average molecular weight is 247 g/mol. The van der Waals surface area contributed by atoms with Gasteiger partial charge in [0.15, 0.2) is 0 Å². The maximum atomic E-state index is 11.4. The van der Waals surface area contributed by atoms with Crippen LogP contribution in [-0.4, -0.2) is 23.7 Å². The largest absolute Gasteiger partial charge is 0.478 e. The van der Waals surface area contributed by atoms with Gasteiger partial charge < -0.3 is 9.84 Å². The second kappa shape index (κ2) is 6.40. The van der Waals surface area contributed by atoms with Crippen LogP contribution >= 0.6 is 0 Å². The summed E-state index contributed by atoms with van der Waals surface area (Å²) in [4.78, 5) is 22.1. The van der Waals surface area contributed by atoms with Crippen LogP contribution in [0.1, 0.15) is 22.8 Å². The van der Waals surface area contributed by atoms with Crippen LogP contribution in [0.2, 0.25) is 0 Å². The fraction of sp³-hybridized carbons (Fsp3) is 0.308. The van der Waals surface area contributed by atoms with E-state index in [0.717, 1.165) is 5.56 Å². The SMILES string of the molecule is CCOC(=O)C(C#N)Cc1ccc(C(=O)O)cc1. The summed E-state index contributed by atoms with van der Waals surface area (Å²) in [6.45, 7) is 1.91. The predicted molar refractivity (Wildman–Crippen MR) is 62.8 cm³/mol. The van der Waals surface area contributed by atoms with Gasteiger partial charge in [-0.15, -0.1) is 0 Å². The lowest BCUT2D eigenvalue weighted by molar-refractivity contribution is -0.145. The van der Waals surface area contributed by atoms with Crippen molar-refractivity contribution in [3.63, 3.8) is 0 Å². The summed E-state index contributed by atoms with van der Waals surface area (Å²) in [6.07, 6.45) is 0.217. The number of carboxylic acid groups (broad SMARTS) is 1. The number of hydrogen-bond acceptors (Lipinski definition) is 4. The lowest BCUT2D eigenvalue weighted by atomic mass is 10.00. The van der Waals surface area contributed by atoms with Crippen LogP contribution in [0.4, 0.5) is 0 Å². The molecule has 1 unspecified atom stereocenters. The number of rotatable bonds is 5. The van der Waals surface area contributed by atoms with Crippen molar-refractivity contribution in [2.24, 2.45) is 5.92 Å². The summed E-state index contributed by atoms with van der Waals surface area (Å²) in [7, 11) is 0. The first kappa shape index (κ1) is 13.7. The van der Waals surface area contributed by atoms with Crippen LogP contribution < -0.4 is 0 Å². The molecule has 0 spiro atoms. The van der Waals surface area contributed by atoms with Crippen LogP contribution in [0.15, 0.2) is 24.3 Å². The molecule has 0 amide bonds. The average Bonchev–Trinajstić information content (AvgIpc) is 2.36. The van der Waals surface area contributed by atoms with Crippen molar-refractivity contribution in [2.45, 2.75) is 13.3 Å². The zero-order valence-corrected chi connectivity index (χ0v) is 9.92. The first-order valence-electron chi connectivity index (χ1n) is 5.47. The fourth-order valence-corrected chi connectivity index (χ4v) is 1.44. The van der Waals surface area contributed by atoms with Gasteiger partial charge in [0, 0.05) is 0 Å². The van der Waals surface area contributed by atoms with Crippen LogP contribution in [0.25, 0.3) is 0 Å². The highest BCUT2D eigenvalue weighted by atomic mass is 16.5. The van der Waals surface area contributed by atoms with Gasteiger partial charge in [0.1, 0.15) is 5.92 Å². The minimum Gasteiger partial charge on any atom is -0.478 e. The third kappa shape index (κ3) is 3.59. The molecule has 5 nitrogen and oxygen atoms in total. The summed E-state index contributed by atoms with van der Waals surface area (Å²) in [6, 6.07) is 7.95. The van der Waals surface area contributed by atoms with Gasteiger partial charge in [0.2, 0.25) is 0 Å². The van der Waals surface area contributed by atoms with Crippen molar-refractivity contribution >= 4 is 11.9 Å². The van der Waals surface area contributed by atoms with Gasteiger partial charge >= 0.3 is 11.9 Å². The first-order valence-corrected chi connectivity index (χ1v) is 5.47. The van der Waals surface area contributed by atoms with Crippen LogP contribution in [0.5, 0.6) is 0 Å². The molecule has 0 aliphatic carbocycles. The van der Waals surface area contributed by atoms with Crippen molar-refractivity contribution in [3.05, 3.63) is 35.4 Å². The summed E-state index contributed by atoms with van der Waals surface area (Å²) in [5.74, 6) is -2.42. The molecule has 94 valence electrons. The molecule has 1 rings (SSSR count). The van der Waals surface area contributed by atoms with Crippen molar-refractivity contribution in [3.8, 4) is 6.07 Å². The van der Waals surface area contributed by atoms with E-state index in [4.69, 9.17) is 15.1 Å². The topological polar surface area (TPSA) is 87.4 Å². The maximum Gasteiger partial charge on any atom is 0.335 e. The van der Waals surface area contributed by atoms with E-state index >= 15 is 0 Å². The first-order chi connectivity index (χ1) is 8.58. The van der Waals surface area contributed by atoms with Crippen molar-refractivity contribution < 1.29 is 19.4 Å². The molecule has 0 radical (unpaired) electrons. The van der Waals surface area contributed by atoms with E-state index < -0.39 is 17.9 Å². The Morgan fingerprint density at radius 2 is 2.00 bits per heavy atom. The molecule has 1 atom stereocenters. The van der Waals surface area contributed by atoms with Crippen molar-refractivity contribution in [2.75, 3.05) is 6.61 Å². The van der Waals surface area contributed by atoms with Gasteiger partial charge in [0.05, 0.1) is 18.2 Å². The number of carboxylic acids is 1. The second-order valence-electron chi connectivity index (χ2n) is 3.64. The molecule has 0 bridgehead atoms. The zero-order chi connectivity index (χ0) is 13.5. The highest BCUT2D eigenvalue weighted by Crippen LogP contribution is 2.11. The molecule has 0 heterocycles. The molecule has 0 fully saturated rings. The van der Waals surface area contributed by atoms with E-state index in [1.165, 1.54) is 12.1 Å². The van der Waals surface area contributed by atoms with Crippen LogP contribution in [-0.2, 0) is 16.0 Å². The van der Waals surface area contributed by atoms with E-state index in [9.17, 15) is 9.59 Å². The standard InChI is InChI=1S/C13H13NO4/c1-2-18-13(17)11(8-14)7-9-3-5-10(6-4-9)12(15)16/h3-6,11H,2,7H2,1H3,(H,15,16). The number of benzene rings is 1. The summed E-state index contributed by atoms with van der Waals surface area (Å²) >= 11 is 0. The monoisotopic (exact) mass is 247 g/mol. The predicted octanol–water partition coefficient (Wildman–Crippen LogP) is 1.63. The van der Waals surface area contributed by atoms with Gasteiger partial charge in [-0.3, -0.25) is 4.79 Å². The number of ether oxygens (including phenoxy) is 1. The Morgan fingerprint density at radius 3 is 2.44 bits per heavy atom. The number of carbonyl (C=O) groups excluding carboxylic acids is 1. The van der Waals surface area contributed by atoms with Crippen LogP contribution in [0, 0.1) is 17.2 Å². The molecule has 0 aliphatic rings. The Bertz CT molecular complexity index is 473. The van der Waals surface area contributed by atoms with Gasteiger partial charge in [0.25, 0.3) is 0 Å². The number of carbonyl (C=O) groups is 2. The normalized spacial score (nSPS) is 11.3. The Labute approximate surface area is 105 Å². The molecule has 0 saturated carbocycles. The molecule has 0 saturated heterocycles. The summed E-state index contributed by atoms with van der Waals surface area (Å²) in [5, 5.41) is 17.6. The second-order valence-corrected chi connectivity index (χ2v) is 3.64. The third-order valence-electron chi connectivity index (χ3n) is 2.37. The molecule has 0 aromatic heterocycles. The molecule has 0 aliphatic heterocycles. The number of hydrogen-bond donors (Lipinski definition) is 1. The lowest BCUT2D eigenvalue weighted by Gasteiger charge is -2.08. The van der Waals surface area contributed by atoms with Crippen molar-refractivity contribution in [1.82, 2.24) is 0 Å². The summed E-state index contributed by atoms with van der Waals surface area (Å²) < 4.78 is 4.77. The Hall–Kier alpha value is -2.35. The minimum absolute atomic E-state index is 0.170. The van der Waals surface area contributed by atoms with E-state index in [0.29, 0.717) is 0 Å². The molecule has 5 heteroatoms. The van der Waals surface area contributed by atoms with E-state index in [2.05, 4.69) is 0 Å². The highest BCUT2D eigenvalue weighted by Gasteiger charge is 2.19. The maximum absolute atomic E-state index is 11.4. The third-order valence-corrected chi connectivity index (χ3v) is 2.37. The van der Waals surface area contributed by atoms with Gasteiger partial charge in [-0.2, -0.15) is 5.26 Å². The quantitative estimate of drug-likeness (QED) is 0.799. The molecular weight excluding hydrogens is 234 g/mol. The van der Waals surface area contributed by atoms with E-state index in [-0.39, 0.29) is 18.6 Å². The molecular formula is C13H13NO4. The van der Waals surface area contributed by atoms with E-state index in [1.807, 2.05) is 6.07 Å². The fourth-order valence-electron chi connectivity index (χ4n) is 1.44. The Balaban J connectivity index is 2.74. The number of aromatic carboxylic acids is 1. The highest BCUT2D eigenvalue weighted by molar-refractivity contribution is 5.87. The number of nitrogens with zero attached hydrogens (tertiary/aromatic N) is 1. The molecule has 1 aromatic rings.